The van der Waals surface area contributed by atoms with Crippen molar-refractivity contribution in [1.82, 2.24) is 9.97 Å². The van der Waals surface area contributed by atoms with Gasteiger partial charge in [-0.1, -0.05) is 23.7 Å². The van der Waals surface area contributed by atoms with Crippen LogP contribution in [-0.4, -0.2) is 34.6 Å². The van der Waals surface area contributed by atoms with Crippen LogP contribution in [0.1, 0.15) is 11.9 Å². The van der Waals surface area contributed by atoms with Crippen LogP contribution in [0.4, 0.5) is 5.82 Å². The minimum Gasteiger partial charge on any atom is -0.451 e. The van der Waals surface area contributed by atoms with E-state index in [-0.39, 0.29) is 13.2 Å². The van der Waals surface area contributed by atoms with Crippen LogP contribution in [-0.2, 0) is 25.7 Å². The molecule has 0 radical (unpaired) electrons. The van der Waals surface area contributed by atoms with E-state index in [4.69, 9.17) is 21.1 Å². The molecule has 1 amide bonds. The van der Waals surface area contributed by atoms with E-state index in [1.807, 2.05) is 24.3 Å². The molecule has 3 aromatic rings. The number of hydrogen-bond donors (Lipinski definition) is 1. The number of carbonyl (C=O) groups is 2. The van der Waals surface area contributed by atoms with Gasteiger partial charge in [0.2, 0.25) is 0 Å². The minimum atomic E-state index is -0.985. The summed E-state index contributed by atoms with van der Waals surface area (Å²) in [6.07, 6.45) is 0.421. The van der Waals surface area contributed by atoms with Gasteiger partial charge in [-0.3, -0.25) is 4.79 Å². The average molecular weight is 406 g/mol. The molecule has 140 valence electrons. The third-order valence-corrected chi connectivity index (χ3v) is 4.67. The van der Waals surface area contributed by atoms with Crippen molar-refractivity contribution >= 4 is 50.8 Å². The maximum absolute atomic E-state index is 12.0. The number of anilines is 1. The number of thiazole rings is 1. The van der Waals surface area contributed by atoms with Crippen molar-refractivity contribution in [3.8, 4) is 0 Å². The molecule has 2 heterocycles. The number of hydrogen-bond acceptors (Lipinski definition) is 7. The summed E-state index contributed by atoms with van der Waals surface area (Å²) in [5.74, 6) is -0.813. The third kappa shape index (κ3) is 5.46. The lowest BCUT2D eigenvalue weighted by Gasteiger charge is -2.13. The molecule has 1 aromatic carbocycles. The van der Waals surface area contributed by atoms with Gasteiger partial charge in [-0.2, -0.15) is 0 Å². The molecule has 0 spiro atoms. The number of aromatic nitrogens is 2. The highest BCUT2D eigenvalue weighted by Gasteiger charge is 2.18. The molecule has 9 heteroatoms. The second-order valence-electron chi connectivity index (χ2n) is 5.55. The fourth-order valence-electron chi connectivity index (χ4n) is 2.17. The van der Waals surface area contributed by atoms with Crippen LogP contribution in [0.3, 0.4) is 0 Å². The normalized spacial score (nSPS) is 11.9. The molecule has 0 aliphatic rings. The first-order valence-corrected chi connectivity index (χ1v) is 9.25. The van der Waals surface area contributed by atoms with Gasteiger partial charge < -0.3 is 14.8 Å². The van der Waals surface area contributed by atoms with Crippen molar-refractivity contribution in [3.05, 3.63) is 52.6 Å². The molecule has 3 rings (SSSR count). The van der Waals surface area contributed by atoms with Gasteiger partial charge in [0.05, 0.1) is 21.8 Å². The van der Waals surface area contributed by atoms with E-state index in [0.29, 0.717) is 10.8 Å². The van der Waals surface area contributed by atoms with Crippen molar-refractivity contribution in [3.63, 3.8) is 0 Å². The van der Waals surface area contributed by atoms with Crippen molar-refractivity contribution in [2.45, 2.75) is 19.6 Å². The summed E-state index contributed by atoms with van der Waals surface area (Å²) >= 11 is 7.23. The summed E-state index contributed by atoms with van der Waals surface area (Å²) in [5, 5.41) is 3.76. The number of para-hydroxylation sites is 1. The van der Waals surface area contributed by atoms with Crippen LogP contribution in [0, 0.1) is 0 Å². The molecule has 0 fully saturated rings. The summed E-state index contributed by atoms with van der Waals surface area (Å²) in [6, 6.07) is 10.9. The third-order valence-electron chi connectivity index (χ3n) is 3.44. The first-order chi connectivity index (χ1) is 13.0. The molecule has 2 aromatic heterocycles. The Bertz CT molecular complexity index is 912. The van der Waals surface area contributed by atoms with Crippen molar-refractivity contribution < 1.29 is 19.1 Å². The topological polar surface area (TPSA) is 90.4 Å². The quantitative estimate of drug-likeness (QED) is 0.605. The lowest BCUT2D eigenvalue weighted by Crippen LogP contribution is -2.31. The molecule has 1 atom stereocenters. The largest absolute Gasteiger partial charge is 0.451 e. The van der Waals surface area contributed by atoms with Crippen LogP contribution in [0.2, 0.25) is 5.02 Å². The highest BCUT2D eigenvalue weighted by atomic mass is 35.5. The Hall–Kier alpha value is -2.55. The number of halogens is 1. The Morgan fingerprint density at radius 2 is 2.07 bits per heavy atom. The number of pyridine rings is 1. The Labute approximate surface area is 164 Å². The first-order valence-electron chi connectivity index (χ1n) is 8.05. The number of fused-ring (bicyclic) bond motifs is 1. The molecule has 0 unspecified atom stereocenters. The number of ether oxygens (including phenoxy) is 2. The Balaban J connectivity index is 1.42. The molecular formula is C18H16ClN3O4S. The molecule has 0 aliphatic heterocycles. The van der Waals surface area contributed by atoms with Crippen molar-refractivity contribution in [1.29, 1.82) is 0 Å². The summed E-state index contributed by atoms with van der Waals surface area (Å²) in [7, 11) is 0. The summed E-state index contributed by atoms with van der Waals surface area (Å²) in [4.78, 5) is 32.2. The lowest BCUT2D eigenvalue weighted by atomic mass is 10.3. The van der Waals surface area contributed by atoms with Crippen molar-refractivity contribution in [2.24, 2.45) is 0 Å². The molecule has 0 aliphatic carbocycles. The number of benzene rings is 1. The fourth-order valence-corrected chi connectivity index (χ4v) is 3.18. The van der Waals surface area contributed by atoms with Gasteiger partial charge in [-0.15, -0.1) is 11.3 Å². The number of nitrogens with one attached hydrogen (secondary N) is 1. The van der Waals surface area contributed by atoms with E-state index in [9.17, 15) is 9.59 Å². The van der Waals surface area contributed by atoms with Gasteiger partial charge >= 0.3 is 5.97 Å². The standard InChI is InChI=1S/C18H16ClN3O4S/c1-11(18(24)22-15-7-6-12(19)8-20-15)26-17(23)10-25-9-16-21-13-4-2-3-5-14(13)27-16/h2-8,11H,9-10H2,1H3,(H,20,22,24)/t11-/m0/s1. The number of carbonyl (C=O) groups excluding carboxylic acids is 2. The predicted octanol–water partition coefficient (Wildman–Crippen LogP) is 3.43. The highest BCUT2D eigenvalue weighted by molar-refractivity contribution is 7.18. The number of rotatable bonds is 7. The monoisotopic (exact) mass is 405 g/mol. The van der Waals surface area contributed by atoms with Crippen LogP contribution in [0.25, 0.3) is 10.2 Å². The van der Waals surface area contributed by atoms with Crippen LogP contribution < -0.4 is 5.32 Å². The SMILES string of the molecule is C[C@H](OC(=O)COCc1nc2ccccc2s1)C(=O)Nc1ccc(Cl)cn1. The van der Waals surface area contributed by atoms with Gasteiger partial charge in [0.25, 0.3) is 5.91 Å². The number of amides is 1. The van der Waals surface area contributed by atoms with E-state index < -0.39 is 18.0 Å². The van der Waals surface area contributed by atoms with E-state index in [1.54, 1.807) is 12.1 Å². The van der Waals surface area contributed by atoms with Crippen LogP contribution >= 0.6 is 22.9 Å². The fraction of sp³-hybridized carbons (Fsp3) is 0.222. The number of esters is 1. The zero-order valence-corrected chi connectivity index (χ0v) is 15.9. The van der Waals surface area contributed by atoms with Gasteiger partial charge in [0.15, 0.2) is 6.10 Å². The zero-order chi connectivity index (χ0) is 19.2. The molecule has 7 nitrogen and oxygen atoms in total. The average Bonchev–Trinajstić information content (AvgIpc) is 3.06. The second-order valence-corrected chi connectivity index (χ2v) is 7.10. The van der Waals surface area contributed by atoms with E-state index >= 15 is 0 Å². The van der Waals surface area contributed by atoms with Crippen molar-refractivity contribution in [2.75, 3.05) is 11.9 Å². The Morgan fingerprint density at radius 3 is 2.81 bits per heavy atom. The van der Waals surface area contributed by atoms with Gasteiger partial charge in [-0.05, 0) is 31.2 Å². The molecule has 0 saturated carbocycles. The zero-order valence-electron chi connectivity index (χ0n) is 14.3. The van der Waals surface area contributed by atoms with Gasteiger partial charge in [-0.25, -0.2) is 14.8 Å². The minimum absolute atomic E-state index is 0.198. The molecule has 27 heavy (non-hydrogen) atoms. The van der Waals surface area contributed by atoms with E-state index in [2.05, 4.69) is 15.3 Å². The molecular weight excluding hydrogens is 390 g/mol. The highest BCUT2D eigenvalue weighted by Crippen LogP contribution is 2.21. The Morgan fingerprint density at radius 1 is 1.26 bits per heavy atom. The Kier molecular flexibility index (Phi) is 6.33. The lowest BCUT2D eigenvalue weighted by molar-refractivity contribution is -0.157. The predicted molar refractivity (Wildman–Crippen MR) is 103 cm³/mol. The van der Waals surface area contributed by atoms with Crippen LogP contribution in [0.15, 0.2) is 42.6 Å². The van der Waals surface area contributed by atoms with E-state index in [0.717, 1.165) is 15.2 Å². The van der Waals surface area contributed by atoms with Crippen LogP contribution in [0.5, 0.6) is 0 Å². The summed E-state index contributed by atoms with van der Waals surface area (Å²) in [6.45, 7) is 1.40. The molecule has 1 N–H and O–H groups in total. The summed E-state index contributed by atoms with van der Waals surface area (Å²) < 4.78 is 11.5. The first kappa shape index (κ1) is 19.2. The van der Waals surface area contributed by atoms with E-state index in [1.165, 1.54) is 24.5 Å². The van der Waals surface area contributed by atoms with Gasteiger partial charge in [0, 0.05) is 6.20 Å². The summed E-state index contributed by atoms with van der Waals surface area (Å²) in [5.41, 5.74) is 0.893. The van der Waals surface area contributed by atoms with Gasteiger partial charge in [0.1, 0.15) is 17.4 Å². The number of nitrogens with zero attached hydrogens (tertiary/aromatic N) is 2. The maximum atomic E-state index is 12.0. The smallest absolute Gasteiger partial charge is 0.332 e. The molecule has 0 bridgehead atoms. The second kappa shape index (κ2) is 8.90. The maximum Gasteiger partial charge on any atom is 0.332 e. The molecule has 0 saturated heterocycles.